The van der Waals surface area contributed by atoms with Crippen molar-refractivity contribution in [2.45, 2.75) is 39.7 Å². The monoisotopic (exact) mass is 332 g/mol. The van der Waals surface area contributed by atoms with Gasteiger partial charge >= 0.3 is 0 Å². The van der Waals surface area contributed by atoms with Crippen molar-refractivity contribution >= 4 is 5.91 Å². The molecule has 1 amide bonds. The highest BCUT2D eigenvalue weighted by molar-refractivity contribution is 5.78. The molecule has 24 heavy (non-hydrogen) atoms. The van der Waals surface area contributed by atoms with Gasteiger partial charge in [-0.15, -0.1) is 0 Å². The van der Waals surface area contributed by atoms with Crippen LogP contribution in [0.5, 0.6) is 0 Å². The van der Waals surface area contributed by atoms with E-state index in [2.05, 4.69) is 48.3 Å². The van der Waals surface area contributed by atoms with Crippen molar-refractivity contribution in [1.82, 2.24) is 10.2 Å². The number of amides is 1. The number of carbonyl (C=O) groups is 1. The number of ether oxygens (including phenoxy) is 1. The molecule has 0 radical (unpaired) electrons. The van der Waals surface area contributed by atoms with E-state index in [0.717, 1.165) is 38.2 Å². The second kappa shape index (κ2) is 9.19. The van der Waals surface area contributed by atoms with E-state index in [1.54, 1.807) is 0 Å². The first-order valence-corrected chi connectivity index (χ1v) is 9.08. The minimum absolute atomic E-state index is 0.0359. The molecule has 1 N–H and O–H groups in total. The summed E-state index contributed by atoms with van der Waals surface area (Å²) < 4.78 is 5.39. The van der Waals surface area contributed by atoms with Crippen LogP contribution < -0.4 is 5.32 Å². The van der Waals surface area contributed by atoms with Crippen molar-refractivity contribution in [3.63, 3.8) is 0 Å². The number of hydrogen-bond donors (Lipinski definition) is 1. The van der Waals surface area contributed by atoms with E-state index in [1.165, 1.54) is 5.56 Å². The molecule has 1 fully saturated rings. The van der Waals surface area contributed by atoms with Crippen molar-refractivity contribution in [3.8, 4) is 0 Å². The molecule has 1 aliphatic rings. The van der Waals surface area contributed by atoms with Crippen molar-refractivity contribution in [2.75, 3.05) is 33.4 Å². The molecule has 1 aromatic rings. The van der Waals surface area contributed by atoms with Crippen molar-refractivity contribution < 1.29 is 9.53 Å². The van der Waals surface area contributed by atoms with E-state index < -0.39 is 0 Å². The van der Waals surface area contributed by atoms with Crippen molar-refractivity contribution in [3.05, 3.63) is 35.4 Å². The number of carbonyl (C=O) groups excluding carboxylic acids is 1. The van der Waals surface area contributed by atoms with Crippen LogP contribution in [0.4, 0.5) is 0 Å². The van der Waals surface area contributed by atoms with Gasteiger partial charge in [0.15, 0.2) is 0 Å². The van der Waals surface area contributed by atoms with Crippen LogP contribution in [0.1, 0.15) is 44.4 Å². The summed E-state index contributed by atoms with van der Waals surface area (Å²) in [4.78, 5) is 14.3. The van der Waals surface area contributed by atoms with Crippen LogP contribution in [0.3, 0.4) is 0 Å². The summed E-state index contributed by atoms with van der Waals surface area (Å²) in [6.45, 7) is 9.54. The molecule has 4 nitrogen and oxygen atoms in total. The van der Waals surface area contributed by atoms with Gasteiger partial charge in [0, 0.05) is 13.2 Å². The summed E-state index contributed by atoms with van der Waals surface area (Å²) in [5, 5.41) is 3.10. The molecule has 0 bridgehead atoms. The smallest absolute Gasteiger partial charge is 0.234 e. The lowest BCUT2D eigenvalue weighted by atomic mass is 10.00. The quantitative estimate of drug-likeness (QED) is 0.795. The van der Waals surface area contributed by atoms with E-state index in [0.29, 0.717) is 18.4 Å². The Bertz CT molecular complexity index is 507. The van der Waals surface area contributed by atoms with Crippen LogP contribution in [0, 0.1) is 11.8 Å². The third-order valence-electron chi connectivity index (χ3n) is 4.51. The number of benzene rings is 1. The molecule has 2 unspecified atom stereocenters. The number of nitrogens with zero attached hydrogens (tertiary/aromatic N) is 1. The molecular formula is C20H32N2O2. The van der Waals surface area contributed by atoms with Crippen LogP contribution in [0.25, 0.3) is 0 Å². The Morgan fingerprint density at radius 2 is 2.00 bits per heavy atom. The van der Waals surface area contributed by atoms with E-state index in [1.807, 2.05) is 14.0 Å². The highest BCUT2D eigenvalue weighted by atomic mass is 16.5. The van der Waals surface area contributed by atoms with E-state index in [-0.39, 0.29) is 11.9 Å². The van der Waals surface area contributed by atoms with Crippen molar-refractivity contribution in [2.24, 2.45) is 11.8 Å². The molecule has 0 aliphatic carbocycles. The van der Waals surface area contributed by atoms with Gasteiger partial charge in [-0.25, -0.2) is 0 Å². The lowest BCUT2D eigenvalue weighted by Crippen LogP contribution is -2.38. The Morgan fingerprint density at radius 3 is 2.58 bits per heavy atom. The molecule has 134 valence electrons. The average molecular weight is 332 g/mol. The standard InChI is InChI=1S/C20H32N2O2/c1-15(2)11-17-5-7-19(8-6-17)16(3)21-20(23)13-22(4)12-18-9-10-24-14-18/h5-8,15-16,18H,9-14H2,1-4H3,(H,21,23). The molecule has 0 saturated carbocycles. The highest BCUT2D eigenvalue weighted by Crippen LogP contribution is 2.16. The maximum absolute atomic E-state index is 12.2. The number of hydrogen-bond acceptors (Lipinski definition) is 3. The molecule has 1 saturated heterocycles. The number of nitrogens with one attached hydrogen (secondary N) is 1. The zero-order chi connectivity index (χ0) is 17.5. The molecule has 4 heteroatoms. The molecule has 2 atom stereocenters. The predicted molar refractivity (Wildman–Crippen MR) is 98.0 cm³/mol. The SMILES string of the molecule is CC(C)Cc1ccc(C(C)NC(=O)CN(C)CC2CCOC2)cc1. The molecule has 0 spiro atoms. The third-order valence-corrected chi connectivity index (χ3v) is 4.51. The number of rotatable bonds is 8. The second-order valence-electron chi connectivity index (χ2n) is 7.56. The lowest BCUT2D eigenvalue weighted by molar-refractivity contribution is -0.122. The fourth-order valence-corrected chi connectivity index (χ4v) is 3.26. The predicted octanol–water partition coefficient (Wildman–Crippen LogP) is 3.03. The van der Waals surface area contributed by atoms with Gasteiger partial charge in [-0.3, -0.25) is 9.69 Å². The minimum atomic E-state index is 0.0359. The van der Waals surface area contributed by atoms with Gasteiger partial charge in [-0.2, -0.15) is 0 Å². The summed E-state index contributed by atoms with van der Waals surface area (Å²) in [5.41, 5.74) is 2.51. The molecule has 2 rings (SSSR count). The second-order valence-corrected chi connectivity index (χ2v) is 7.56. The summed E-state index contributed by atoms with van der Waals surface area (Å²) in [6.07, 6.45) is 2.20. The maximum Gasteiger partial charge on any atom is 0.234 e. The van der Waals surface area contributed by atoms with Gasteiger partial charge in [0.25, 0.3) is 0 Å². The lowest BCUT2D eigenvalue weighted by Gasteiger charge is -2.21. The Hall–Kier alpha value is -1.39. The summed E-state index contributed by atoms with van der Waals surface area (Å²) >= 11 is 0. The zero-order valence-electron chi connectivity index (χ0n) is 15.5. The third kappa shape index (κ3) is 6.25. The Labute approximate surface area is 146 Å². The molecule has 1 heterocycles. The molecule has 1 aliphatic heterocycles. The van der Waals surface area contributed by atoms with Crippen LogP contribution >= 0.6 is 0 Å². The van der Waals surface area contributed by atoms with E-state index in [4.69, 9.17) is 4.74 Å². The highest BCUT2D eigenvalue weighted by Gasteiger charge is 2.19. The molecule has 1 aromatic carbocycles. The van der Waals surface area contributed by atoms with Crippen LogP contribution in [0.15, 0.2) is 24.3 Å². The Kier molecular flexibility index (Phi) is 7.25. The molecular weight excluding hydrogens is 300 g/mol. The Morgan fingerprint density at radius 1 is 1.29 bits per heavy atom. The minimum Gasteiger partial charge on any atom is -0.381 e. The molecule has 0 aromatic heterocycles. The Balaban J connectivity index is 1.77. The summed E-state index contributed by atoms with van der Waals surface area (Å²) in [6, 6.07) is 8.63. The average Bonchev–Trinajstić information content (AvgIpc) is 2.99. The van der Waals surface area contributed by atoms with Gasteiger partial charge in [0.2, 0.25) is 5.91 Å². The van der Waals surface area contributed by atoms with Gasteiger partial charge in [0.1, 0.15) is 0 Å². The van der Waals surface area contributed by atoms with Gasteiger partial charge < -0.3 is 10.1 Å². The van der Waals surface area contributed by atoms with Crippen LogP contribution in [0.2, 0.25) is 0 Å². The topological polar surface area (TPSA) is 41.6 Å². The fourth-order valence-electron chi connectivity index (χ4n) is 3.26. The normalized spacial score (nSPS) is 19.0. The first-order valence-electron chi connectivity index (χ1n) is 9.08. The van der Waals surface area contributed by atoms with E-state index in [9.17, 15) is 4.79 Å². The zero-order valence-corrected chi connectivity index (χ0v) is 15.5. The van der Waals surface area contributed by atoms with Crippen molar-refractivity contribution in [1.29, 1.82) is 0 Å². The number of likely N-dealkylation sites (N-methyl/N-ethyl adjacent to an activating group) is 1. The fraction of sp³-hybridized carbons (Fsp3) is 0.650. The van der Waals surface area contributed by atoms with Gasteiger partial charge in [-0.1, -0.05) is 38.1 Å². The first-order chi connectivity index (χ1) is 11.4. The van der Waals surface area contributed by atoms with Crippen LogP contribution in [-0.4, -0.2) is 44.2 Å². The largest absolute Gasteiger partial charge is 0.381 e. The van der Waals surface area contributed by atoms with Crippen LogP contribution in [-0.2, 0) is 16.0 Å². The van der Waals surface area contributed by atoms with E-state index >= 15 is 0 Å². The summed E-state index contributed by atoms with van der Waals surface area (Å²) in [5.74, 6) is 1.30. The van der Waals surface area contributed by atoms with Gasteiger partial charge in [0.05, 0.1) is 19.2 Å². The first kappa shape index (κ1) is 18.9. The maximum atomic E-state index is 12.2. The van der Waals surface area contributed by atoms with Gasteiger partial charge in [-0.05, 0) is 49.8 Å². The summed E-state index contributed by atoms with van der Waals surface area (Å²) in [7, 11) is 2.00.